The molecule has 0 atom stereocenters. The normalized spacial score (nSPS) is 11.5. The zero-order chi connectivity index (χ0) is 31.9. The Morgan fingerprint density at radius 3 is 1.31 bits per heavy atom. The van der Waals surface area contributed by atoms with Crippen LogP contribution in [0.15, 0.2) is 36.5 Å². The molecule has 1 heterocycles. The van der Waals surface area contributed by atoms with Crippen molar-refractivity contribution in [3.63, 3.8) is 0 Å². The molecule has 0 fully saturated rings. The Hall–Kier alpha value is -1.57. The van der Waals surface area contributed by atoms with E-state index in [1.165, 1.54) is 197 Å². The van der Waals surface area contributed by atoms with E-state index in [1.54, 1.807) is 0 Å². The molecule has 2 heteroatoms. The highest BCUT2D eigenvalue weighted by atomic mass is 15.1. The van der Waals surface area contributed by atoms with Gasteiger partial charge in [0.1, 0.15) is 5.82 Å². The number of unbranched alkanes of at least 4 members (excludes halogenated alkanes) is 25. The average molecular weight is 621 g/mol. The van der Waals surface area contributed by atoms with Crippen molar-refractivity contribution in [1.29, 1.82) is 0 Å². The van der Waals surface area contributed by atoms with E-state index >= 15 is 0 Å². The fraction of sp³-hybridized carbons (Fsp3) is 0.791. The Balaban J connectivity index is 1.59. The van der Waals surface area contributed by atoms with Gasteiger partial charge in [-0.2, -0.15) is 0 Å². The Morgan fingerprint density at radius 1 is 0.422 bits per heavy atom. The molecular formula is C43H76N2. The third-order valence-corrected chi connectivity index (χ3v) is 9.91. The minimum absolute atomic E-state index is 1.10. The lowest BCUT2D eigenvalue weighted by Crippen LogP contribution is -2.03. The van der Waals surface area contributed by atoms with E-state index in [0.29, 0.717) is 0 Å². The van der Waals surface area contributed by atoms with Gasteiger partial charge < -0.3 is 4.57 Å². The quantitative estimate of drug-likeness (QED) is 0.0726. The van der Waals surface area contributed by atoms with Gasteiger partial charge in [-0.1, -0.05) is 205 Å². The van der Waals surface area contributed by atoms with E-state index in [0.717, 1.165) is 25.8 Å². The maximum absolute atomic E-state index is 5.18. The third kappa shape index (κ3) is 22.6. The molecule has 0 spiro atoms. The Bertz CT molecular complexity index is 869. The van der Waals surface area contributed by atoms with Gasteiger partial charge in [0.05, 0.1) is 5.69 Å². The summed E-state index contributed by atoms with van der Waals surface area (Å²) in [5.74, 6) is 1.36. The summed E-state index contributed by atoms with van der Waals surface area (Å²) in [5.41, 5.74) is 2.77. The minimum atomic E-state index is 1.10. The molecule has 0 bridgehead atoms. The number of rotatable bonds is 33. The van der Waals surface area contributed by atoms with Crippen molar-refractivity contribution in [2.24, 2.45) is 0 Å². The largest absolute Gasteiger partial charge is 0.335 e. The zero-order valence-electron chi connectivity index (χ0n) is 30.5. The van der Waals surface area contributed by atoms with Crippen LogP contribution in [0.1, 0.15) is 211 Å². The van der Waals surface area contributed by atoms with E-state index in [4.69, 9.17) is 4.98 Å². The summed E-state index contributed by atoms with van der Waals surface area (Å²) in [5, 5.41) is 0. The summed E-state index contributed by atoms with van der Waals surface area (Å²) in [6.45, 7) is 5.78. The number of aryl methyl sites for hydroxylation is 4. The number of aromatic nitrogens is 2. The second kappa shape index (κ2) is 29.8. The van der Waals surface area contributed by atoms with Crippen LogP contribution in [-0.2, 0) is 25.8 Å². The van der Waals surface area contributed by atoms with E-state index in [9.17, 15) is 0 Å². The molecule has 0 aliphatic carbocycles. The van der Waals surface area contributed by atoms with Gasteiger partial charge in [-0.15, -0.1) is 0 Å². The number of imidazole rings is 1. The van der Waals surface area contributed by atoms with Gasteiger partial charge in [0.25, 0.3) is 0 Å². The molecule has 0 N–H and O–H groups in total. The second-order valence-corrected chi connectivity index (χ2v) is 14.3. The van der Waals surface area contributed by atoms with Crippen LogP contribution in [0.3, 0.4) is 0 Å². The van der Waals surface area contributed by atoms with Crippen molar-refractivity contribution in [3.05, 3.63) is 53.6 Å². The smallest absolute Gasteiger partial charge is 0.108 e. The summed E-state index contributed by atoms with van der Waals surface area (Å²) in [7, 11) is 0. The van der Waals surface area contributed by atoms with Crippen LogP contribution in [0, 0.1) is 0 Å². The minimum Gasteiger partial charge on any atom is -0.335 e. The Labute approximate surface area is 282 Å². The van der Waals surface area contributed by atoms with E-state index in [1.807, 2.05) is 0 Å². The summed E-state index contributed by atoms with van der Waals surface area (Å²) in [6, 6.07) is 11.0. The van der Waals surface area contributed by atoms with Gasteiger partial charge in [0.15, 0.2) is 0 Å². The molecular weight excluding hydrogens is 544 g/mol. The maximum Gasteiger partial charge on any atom is 0.108 e. The van der Waals surface area contributed by atoms with E-state index in [-0.39, 0.29) is 0 Å². The fourth-order valence-electron chi connectivity index (χ4n) is 6.92. The molecule has 0 saturated carbocycles. The van der Waals surface area contributed by atoms with Crippen LogP contribution in [0.25, 0.3) is 0 Å². The first-order chi connectivity index (χ1) is 22.3. The number of nitrogens with zero attached hydrogens (tertiary/aromatic N) is 2. The standard InChI is InChI=1S/C43H76N2/c1-3-5-7-9-11-13-15-17-18-20-22-24-26-31-38-43-44-42(37-33-36-41-34-29-28-30-35-41)40-45(43)39-32-27-25-23-21-19-16-14-12-10-8-6-4-2/h28-30,34-35,40H,3-27,31-33,36-39H2,1-2H3. The summed E-state index contributed by atoms with van der Waals surface area (Å²) in [4.78, 5) is 5.18. The first-order valence-electron chi connectivity index (χ1n) is 20.4. The molecule has 0 aliphatic rings. The zero-order valence-corrected chi connectivity index (χ0v) is 30.5. The molecule has 258 valence electrons. The second-order valence-electron chi connectivity index (χ2n) is 14.3. The van der Waals surface area contributed by atoms with Gasteiger partial charge in [-0.05, 0) is 37.7 Å². The molecule has 0 radical (unpaired) electrons. The molecule has 0 aliphatic heterocycles. The van der Waals surface area contributed by atoms with Crippen LogP contribution in [0.4, 0.5) is 0 Å². The van der Waals surface area contributed by atoms with Crippen LogP contribution < -0.4 is 0 Å². The van der Waals surface area contributed by atoms with Crippen LogP contribution in [-0.4, -0.2) is 9.55 Å². The van der Waals surface area contributed by atoms with Crippen molar-refractivity contribution >= 4 is 0 Å². The van der Waals surface area contributed by atoms with Gasteiger partial charge in [-0.3, -0.25) is 0 Å². The van der Waals surface area contributed by atoms with E-state index < -0.39 is 0 Å². The molecule has 0 amide bonds. The van der Waals surface area contributed by atoms with Gasteiger partial charge in [-0.25, -0.2) is 4.98 Å². The fourth-order valence-corrected chi connectivity index (χ4v) is 6.92. The molecule has 45 heavy (non-hydrogen) atoms. The van der Waals surface area contributed by atoms with Crippen LogP contribution >= 0.6 is 0 Å². The number of benzene rings is 1. The summed E-state index contributed by atoms with van der Waals surface area (Å²) < 4.78 is 2.54. The first-order valence-corrected chi connectivity index (χ1v) is 20.4. The third-order valence-electron chi connectivity index (χ3n) is 9.91. The maximum atomic E-state index is 5.18. The SMILES string of the molecule is CCCCCCCCCCCCCCCCc1nc(CCCc2ccccc2)cn1CCCCCCCCCCCCCCC. The summed E-state index contributed by atoms with van der Waals surface area (Å²) in [6.07, 6.45) is 45.4. The Morgan fingerprint density at radius 2 is 0.844 bits per heavy atom. The predicted molar refractivity (Wildman–Crippen MR) is 200 cm³/mol. The predicted octanol–water partition coefficient (Wildman–Crippen LogP) is 14.2. The lowest BCUT2D eigenvalue weighted by atomic mass is 10.0. The van der Waals surface area contributed by atoms with Gasteiger partial charge >= 0.3 is 0 Å². The molecule has 0 saturated heterocycles. The van der Waals surface area contributed by atoms with Crippen molar-refractivity contribution < 1.29 is 0 Å². The Kier molecular flexibility index (Phi) is 26.2. The lowest BCUT2D eigenvalue weighted by Gasteiger charge is -2.08. The number of hydrogen-bond donors (Lipinski definition) is 0. The monoisotopic (exact) mass is 621 g/mol. The van der Waals surface area contributed by atoms with Crippen LogP contribution in [0.2, 0.25) is 0 Å². The highest BCUT2D eigenvalue weighted by Crippen LogP contribution is 2.17. The average Bonchev–Trinajstić information content (AvgIpc) is 3.45. The van der Waals surface area contributed by atoms with Crippen molar-refractivity contribution in [1.82, 2.24) is 9.55 Å². The molecule has 1 aromatic heterocycles. The van der Waals surface area contributed by atoms with Crippen molar-refractivity contribution in [2.75, 3.05) is 0 Å². The lowest BCUT2D eigenvalue weighted by molar-refractivity contribution is 0.515. The van der Waals surface area contributed by atoms with Gasteiger partial charge in [0, 0.05) is 19.2 Å². The topological polar surface area (TPSA) is 17.8 Å². The molecule has 2 aromatic rings. The highest BCUT2D eigenvalue weighted by molar-refractivity contribution is 5.15. The first kappa shape index (κ1) is 39.6. The molecule has 0 unspecified atom stereocenters. The van der Waals surface area contributed by atoms with Gasteiger partial charge in [0.2, 0.25) is 0 Å². The van der Waals surface area contributed by atoms with Crippen molar-refractivity contribution in [2.45, 2.75) is 219 Å². The highest BCUT2D eigenvalue weighted by Gasteiger charge is 2.09. The molecule has 2 rings (SSSR count). The van der Waals surface area contributed by atoms with E-state index in [2.05, 4.69) is 54.9 Å². The molecule has 2 nitrogen and oxygen atoms in total. The van der Waals surface area contributed by atoms with Crippen molar-refractivity contribution in [3.8, 4) is 0 Å². The summed E-state index contributed by atoms with van der Waals surface area (Å²) >= 11 is 0. The number of hydrogen-bond acceptors (Lipinski definition) is 1. The van der Waals surface area contributed by atoms with Crippen LogP contribution in [0.5, 0.6) is 0 Å². The molecule has 1 aromatic carbocycles.